The highest BCUT2D eigenvalue weighted by molar-refractivity contribution is 14.0. The van der Waals surface area contributed by atoms with Crippen LogP contribution in [0.2, 0.25) is 0 Å². The summed E-state index contributed by atoms with van der Waals surface area (Å²) in [5.74, 6) is 1.65. The Kier molecular flexibility index (Phi) is 7.21. The summed E-state index contributed by atoms with van der Waals surface area (Å²) in [6.45, 7) is 2.65. The Labute approximate surface area is 149 Å². The molecule has 0 saturated heterocycles. The molecule has 1 fully saturated rings. The summed E-state index contributed by atoms with van der Waals surface area (Å²) in [5.41, 5.74) is 1.17. The first-order valence-electron chi connectivity index (χ1n) is 8.04. The second-order valence-electron chi connectivity index (χ2n) is 5.74. The molecule has 0 radical (unpaired) electrons. The Bertz CT molecular complexity index is 489. The maximum atomic E-state index is 6.00. The average Bonchev–Trinajstić information content (AvgIpc) is 2.55. The third-order valence-corrected chi connectivity index (χ3v) is 4.00. The van der Waals surface area contributed by atoms with Crippen molar-refractivity contribution in [2.45, 2.75) is 51.2 Å². The molecule has 0 unspecified atom stereocenters. The molecule has 6 heteroatoms. The molecule has 1 aliphatic carbocycles. The number of nitrogens with one attached hydrogen (secondary N) is 2. The number of hydrogen-bond donors (Lipinski definition) is 2. The van der Waals surface area contributed by atoms with Crippen molar-refractivity contribution in [2.75, 3.05) is 13.1 Å². The van der Waals surface area contributed by atoms with Gasteiger partial charge in [0, 0.05) is 31.9 Å². The van der Waals surface area contributed by atoms with Crippen LogP contribution in [0.25, 0.3) is 0 Å². The Morgan fingerprint density at radius 1 is 1.23 bits per heavy atom. The molecule has 0 amide bonds. The van der Waals surface area contributed by atoms with Crippen molar-refractivity contribution in [3.8, 4) is 5.88 Å². The molecule has 2 N–H and O–H groups in total. The summed E-state index contributed by atoms with van der Waals surface area (Å²) >= 11 is 0. The van der Waals surface area contributed by atoms with Crippen LogP contribution in [0, 0.1) is 0 Å². The minimum Gasteiger partial charge on any atom is -0.474 e. The molecule has 1 aliphatic heterocycles. The topological polar surface area (TPSA) is 58.5 Å². The van der Waals surface area contributed by atoms with Gasteiger partial charge in [-0.3, -0.25) is 4.99 Å². The van der Waals surface area contributed by atoms with Gasteiger partial charge in [-0.2, -0.15) is 0 Å². The Morgan fingerprint density at radius 2 is 2.09 bits per heavy atom. The summed E-state index contributed by atoms with van der Waals surface area (Å²) in [4.78, 5) is 8.74. The summed E-state index contributed by atoms with van der Waals surface area (Å²) in [5, 5.41) is 6.59. The Morgan fingerprint density at radius 3 is 2.86 bits per heavy atom. The second kappa shape index (κ2) is 9.17. The maximum Gasteiger partial charge on any atom is 0.213 e. The lowest BCUT2D eigenvalue weighted by Gasteiger charge is -2.22. The SMILES string of the molecule is I.c1cc(CNC2=NCCCN2)cc(OC2CCCCC2)n1. The van der Waals surface area contributed by atoms with Crippen LogP contribution in [0.4, 0.5) is 0 Å². The van der Waals surface area contributed by atoms with Crippen molar-refractivity contribution in [2.24, 2.45) is 4.99 Å². The molecule has 0 bridgehead atoms. The van der Waals surface area contributed by atoms with E-state index in [9.17, 15) is 0 Å². The fraction of sp³-hybridized carbons (Fsp3) is 0.625. The zero-order valence-corrected chi connectivity index (χ0v) is 15.2. The lowest BCUT2D eigenvalue weighted by atomic mass is 9.98. The molecule has 122 valence electrons. The standard InChI is InChI=1S/C16H24N4O.HI/c1-2-5-14(6-3-1)21-15-11-13(7-10-17-15)12-20-16-18-8-4-9-19-16;/h7,10-11,14H,1-6,8-9,12H2,(H2,18,19,20);1H. The highest BCUT2D eigenvalue weighted by atomic mass is 127. The van der Waals surface area contributed by atoms with Gasteiger partial charge in [0.05, 0.1) is 0 Å². The molecule has 1 aromatic heterocycles. The van der Waals surface area contributed by atoms with Gasteiger partial charge in [0.25, 0.3) is 0 Å². The van der Waals surface area contributed by atoms with Crippen LogP contribution in [0.5, 0.6) is 5.88 Å². The van der Waals surface area contributed by atoms with Gasteiger partial charge >= 0.3 is 0 Å². The van der Waals surface area contributed by atoms with Gasteiger partial charge < -0.3 is 15.4 Å². The van der Waals surface area contributed by atoms with Gasteiger partial charge in [0.1, 0.15) is 6.10 Å². The smallest absolute Gasteiger partial charge is 0.213 e. The summed E-state index contributed by atoms with van der Waals surface area (Å²) in [6, 6.07) is 4.05. The van der Waals surface area contributed by atoms with Gasteiger partial charge in [0.15, 0.2) is 5.96 Å². The maximum absolute atomic E-state index is 6.00. The van der Waals surface area contributed by atoms with Gasteiger partial charge in [-0.15, -0.1) is 24.0 Å². The van der Waals surface area contributed by atoms with Gasteiger partial charge in [-0.05, 0) is 43.7 Å². The molecule has 0 spiro atoms. The number of rotatable bonds is 4. The van der Waals surface area contributed by atoms with Crippen LogP contribution in [-0.4, -0.2) is 30.1 Å². The molecule has 2 aliphatic rings. The number of hydrogen-bond acceptors (Lipinski definition) is 5. The van der Waals surface area contributed by atoms with Crippen molar-refractivity contribution in [1.29, 1.82) is 0 Å². The third-order valence-electron chi connectivity index (χ3n) is 4.00. The first-order valence-corrected chi connectivity index (χ1v) is 8.04. The number of nitrogens with zero attached hydrogens (tertiary/aromatic N) is 2. The lowest BCUT2D eigenvalue weighted by Crippen LogP contribution is -2.40. The van der Waals surface area contributed by atoms with E-state index in [0.717, 1.165) is 50.7 Å². The number of aromatic nitrogens is 1. The zero-order valence-electron chi connectivity index (χ0n) is 12.9. The summed E-state index contributed by atoms with van der Waals surface area (Å²) < 4.78 is 6.00. The number of halogens is 1. The molecule has 1 saturated carbocycles. The van der Waals surface area contributed by atoms with Crippen molar-refractivity contribution >= 4 is 29.9 Å². The molecule has 5 nitrogen and oxygen atoms in total. The van der Waals surface area contributed by atoms with E-state index in [4.69, 9.17) is 4.74 Å². The molecule has 22 heavy (non-hydrogen) atoms. The highest BCUT2D eigenvalue weighted by Gasteiger charge is 2.15. The molecular weight excluding hydrogens is 391 g/mol. The number of guanidine groups is 1. The van der Waals surface area contributed by atoms with Gasteiger partial charge in [0.2, 0.25) is 5.88 Å². The normalized spacial score (nSPS) is 18.6. The Hall–Kier alpha value is -1.05. The lowest BCUT2D eigenvalue weighted by molar-refractivity contribution is 0.148. The monoisotopic (exact) mass is 416 g/mol. The molecule has 2 heterocycles. The van der Waals surface area contributed by atoms with E-state index in [1.54, 1.807) is 0 Å². The molecule has 1 aromatic rings. The van der Waals surface area contributed by atoms with Crippen molar-refractivity contribution < 1.29 is 4.74 Å². The van der Waals surface area contributed by atoms with E-state index in [1.165, 1.54) is 24.8 Å². The molecule has 0 aromatic carbocycles. The highest BCUT2D eigenvalue weighted by Crippen LogP contribution is 2.22. The zero-order chi connectivity index (χ0) is 14.3. The van der Waals surface area contributed by atoms with E-state index in [2.05, 4.69) is 20.6 Å². The number of aliphatic imine (C=N–C) groups is 1. The molecule has 3 rings (SSSR count). The fourth-order valence-electron chi connectivity index (χ4n) is 2.82. The Balaban J connectivity index is 0.00000176. The van der Waals surface area contributed by atoms with E-state index in [0.29, 0.717) is 6.10 Å². The van der Waals surface area contributed by atoms with Crippen LogP contribution in [0.1, 0.15) is 44.1 Å². The van der Waals surface area contributed by atoms with Crippen LogP contribution >= 0.6 is 24.0 Å². The summed E-state index contributed by atoms with van der Waals surface area (Å²) in [6.07, 6.45) is 9.49. The van der Waals surface area contributed by atoms with Gasteiger partial charge in [-0.25, -0.2) is 4.98 Å². The van der Waals surface area contributed by atoms with Crippen molar-refractivity contribution in [1.82, 2.24) is 15.6 Å². The van der Waals surface area contributed by atoms with E-state index < -0.39 is 0 Å². The van der Waals surface area contributed by atoms with E-state index in [1.807, 2.05) is 18.3 Å². The van der Waals surface area contributed by atoms with E-state index >= 15 is 0 Å². The average molecular weight is 416 g/mol. The molecule has 0 atom stereocenters. The minimum atomic E-state index is 0. The predicted octanol–water partition coefficient (Wildman–Crippen LogP) is 2.85. The quantitative estimate of drug-likeness (QED) is 0.742. The van der Waals surface area contributed by atoms with Crippen molar-refractivity contribution in [3.05, 3.63) is 23.9 Å². The summed E-state index contributed by atoms with van der Waals surface area (Å²) in [7, 11) is 0. The first kappa shape index (κ1) is 17.3. The number of ether oxygens (including phenoxy) is 1. The number of pyridine rings is 1. The largest absolute Gasteiger partial charge is 0.474 e. The van der Waals surface area contributed by atoms with E-state index in [-0.39, 0.29) is 24.0 Å². The van der Waals surface area contributed by atoms with Gasteiger partial charge in [-0.1, -0.05) is 6.42 Å². The van der Waals surface area contributed by atoms with Crippen molar-refractivity contribution in [3.63, 3.8) is 0 Å². The van der Waals surface area contributed by atoms with Crippen LogP contribution in [0.3, 0.4) is 0 Å². The fourth-order valence-corrected chi connectivity index (χ4v) is 2.82. The predicted molar refractivity (Wildman–Crippen MR) is 98.9 cm³/mol. The first-order chi connectivity index (χ1) is 10.4. The van der Waals surface area contributed by atoms with Crippen LogP contribution in [0.15, 0.2) is 23.3 Å². The van der Waals surface area contributed by atoms with Crippen LogP contribution < -0.4 is 15.4 Å². The molecular formula is C16H25IN4O. The minimum absolute atomic E-state index is 0. The van der Waals surface area contributed by atoms with Crippen LogP contribution in [-0.2, 0) is 6.54 Å². The second-order valence-corrected chi connectivity index (χ2v) is 5.74. The third kappa shape index (κ3) is 5.30.